The Morgan fingerprint density at radius 1 is 1.40 bits per heavy atom. The maximum Gasteiger partial charge on any atom is 0.311 e. The quantitative estimate of drug-likeness (QED) is 0.496. The summed E-state index contributed by atoms with van der Waals surface area (Å²) in [7, 11) is 0. The van der Waals surface area contributed by atoms with Crippen LogP contribution < -0.4 is 5.32 Å². The van der Waals surface area contributed by atoms with Crippen LogP contribution in [0, 0.1) is 16.0 Å². The highest BCUT2D eigenvalue weighted by molar-refractivity contribution is 6.29. The number of rotatable bonds is 5. The average molecular weight is 298 g/mol. The van der Waals surface area contributed by atoms with Gasteiger partial charge < -0.3 is 5.32 Å². The zero-order valence-electron chi connectivity index (χ0n) is 11.6. The van der Waals surface area contributed by atoms with E-state index >= 15 is 0 Å². The van der Waals surface area contributed by atoms with Gasteiger partial charge in [-0.3, -0.25) is 10.1 Å². The molecule has 1 fully saturated rings. The summed E-state index contributed by atoms with van der Waals surface area (Å²) in [5.41, 5.74) is -0.00918. The molecule has 1 heterocycles. The molecule has 0 atom stereocenters. The second kappa shape index (κ2) is 6.88. The first kappa shape index (κ1) is 15.0. The molecule has 1 aliphatic carbocycles. The molecule has 0 amide bonds. The van der Waals surface area contributed by atoms with Crippen molar-refractivity contribution in [2.45, 2.75) is 51.5 Å². The summed E-state index contributed by atoms with van der Waals surface area (Å²) in [6, 6.07) is 3.11. The number of nitrogens with one attached hydrogen (secondary N) is 1. The van der Waals surface area contributed by atoms with E-state index in [0.717, 1.165) is 18.8 Å². The van der Waals surface area contributed by atoms with Crippen LogP contribution in [0.1, 0.15) is 45.4 Å². The van der Waals surface area contributed by atoms with Gasteiger partial charge in [-0.1, -0.05) is 31.4 Å². The van der Waals surface area contributed by atoms with Crippen LogP contribution in [0.25, 0.3) is 0 Å². The molecule has 0 saturated heterocycles. The van der Waals surface area contributed by atoms with Gasteiger partial charge in [0.2, 0.25) is 5.82 Å². The molecule has 0 aromatic carbocycles. The normalized spacial score (nSPS) is 22.5. The molecule has 1 aliphatic rings. The molecule has 20 heavy (non-hydrogen) atoms. The Labute approximate surface area is 123 Å². The summed E-state index contributed by atoms with van der Waals surface area (Å²) < 4.78 is 0. The van der Waals surface area contributed by atoms with Crippen molar-refractivity contribution >= 4 is 23.1 Å². The van der Waals surface area contributed by atoms with Crippen LogP contribution >= 0.6 is 11.6 Å². The zero-order chi connectivity index (χ0) is 14.5. The third-order valence-corrected chi connectivity index (χ3v) is 4.13. The first-order valence-corrected chi connectivity index (χ1v) is 7.55. The Bertz CT molecular complexity index is 473. The van der Waals surface area contributed by atoms with E-state index in [1.54, 1.807) is 0 Å². The zero-order valence-corrected chi connectivity index (χ0v) is 12.4. The number of aromatic nitrogens is 1. The van der Waals surface area contributed by atoms with E-state index in [1.165, 1.54) is 37.8 Å². The van der Waals surface area contributed by atoms with Crippen LogP contribution in [0.4, 0.5) is 11.5 Å². The fourth-order valence-electron chi connectivity index (χ4n) is 2.88. The van der Waals surface area contributed by atoms with Crippen LogP contribution in [-0.4, -0.2) is 15.9 Å². The molecule has 2 rings (SSSR count). The molecule has 0 radical (unpaired) electrons. The third kappa shape index (κ3) is 3.82. The minimum Gasteiger partial charge on any atom is -0.362 e. The van der Waals surface area contributed by atoms with Gasteiger partial charge in [-0.25, -0.2) is 4.98 Å². The van der Waals surface area contributed by atoms with Gasteiger partial charge in [0.25, 0.3) is 0 Å². The van der Waals surface area contributed by atoms with Crippen molar-refractivity contribution in [3.8, 4) is 0 Å². The van der Waals surface area contributed by atoms with Crippen LogP contribution in [0.15, 0.2) is 12.1 Å². The Morgan fingerprint density at radius 3 is 2.70 bits per heavy atom. The summed E-state index contributed by atoms with van der Waals surface area (Å²) in [6.07, 6.45) is 6.94. The molecule has 1 N–H and O–H groups in total. The van der Waals surface area contributed by atoms with E-state index in [9.17, 15) is 10.1 Å². The van der Waals surface area contributed by atoms with Crippen LogP contribution in [0.2, 0.25) is 5.15 Å². The van der Waals surface area contributed by atoms with Gasteiger partial charge in [0.15, 0.2) is 0 Å². The van der Waals surface area contributed by atoms with Crippen LogP contribution in [0.5, 0.6) is 0 Å². The molecule has 0 unspecified atom stereocenters. The van der Waals surface area contributed by atoms with Crippen LogP contribution in [0.3, 0.4) is 0 Å². The summed E-state index contributed by atoms with van der Waals surface area (Å²) in [6.45, 7) is 2.21. The predicted octanol–water partition coefficient (Wildman–Crippen LogP) is 4.41. The highest BCUT2D eigenvalue weighted by Gasteiger charge is 2.24. The molecular weight excluding hydrogens is 278 g/mol. The lowest BCUT2D eigenvalue weighted by atomic mass is 9.83. The van der Waals surface area contributed by atoms with Crippen molar-refractivity contribution in [2.75, 3.05) is 5.32 Å². The predicted molar refractivity (Wildman–Crippen MR) is 80.2 cm³/mol. The van der Waals surface area contributed by atoms with Crippen LogP contribution in [-0.2, 0) is 0 Å². The minimum atomic E-state index is -0.422. The Balaban J connectivity index is 2.00. The fraction of sp³-hybridized carbons (Fsp3) is 0.643. The molecule has 6 heteroatoms. The van der Waals surface area contributed by atoms with Gasteiger partial charge in [0, 0.05) is 12.1 Å². The van der Waals surface area contributed by atoms with E-state index < -0.39 is 4.92 Å². The van der Waals surface area contributed by atoms with Gasteiger partial charge >= 0.3 is 5.69 Å². The summed E-state index contributed by atoms with van der Waals surface area (Å²) in [5, 5.41) is 14.5. The van der Waals surface area contributed by atoms with E-state index in [0.29, 0.717) is 5.82 Å². The van der Waals surface area contributed by atoms with Crippen molar-refractivity contribution in [1.82, 2.24) is 4.98 Å². The maximum atomic E-state index is 11.0. The monoisotopic (exact) mass is 297 g/mol. The number of hydrogen-bond acceptors (Lipinski definition) is 4. The van der Waals surface area contributed by atoms with Crippen molar-refractivity contribution in [1.29, 1.82) is 0 Å². The number of halogens is 1. The summed E-state index contributed by atoms with van der Waals surface area (Å²) in [4.78, 5) is 14.6. The summed E-state index contributed by atoms with van der Waals surface area (Å²) in [5.74, 6) is 1.10. The lowest BCUT2D eigenvalue weighted by Crippen LogP contribution is -2.26. The van der Waals surface area contributed by atoms with Crippen molar-refractivity contribution in [3.05, 3.63) is 27.4 Å². The fourth-order valence-corrected chi connectivity index (χ4v) is 3.03. The second-order valence-corrected chi connectivity index (χ2v) is 5.80. The molecule has 110 valence electrons. The standard InChI is InChI=1S/C14H20ClN3O2/c1-2-3-10-4-6-11(7-5-10)16-14-12(18(19)20)8-9-13(15)17-14/h8-11H,2-7H2,1H3,(H,16,17). The molecular formula is C14H20ClN3O2. The van der Waals surface area contributed by atoms with Gasteiger partial charge in [0.1, 0.15) is 5.15 Å². The lowest BCUT2D eigenvalue weighted by Gasteiger charge is -2.29. The van der Waals surface area contributed by atoms with Gasteiger partial charge in [-0.05, 0) is 37.7 Å². The Kier molecular flexibility index (Phi) is 5.17. The van der Waals surface area contributed by atoms with Gasteiger partial charge in [-0.15, -0.1) is 0 Å². The Hall–Kier alpha value is -1.36. The maximum absolute atomic E-state index is 11.0. The van der Waals surface area contributed by atoms with E-state index in [4.69, 9.17) is 11.6 Å². The number of pyridine rings is 1. The minimum absolute atomic E-state index is 0.00918. The number of anilines is 1. The molecule has 1 aromatic heterocycles. The Morgan fingerprint density at radius 2 is 2.10 bits per heavy atom. The van der Waals surface area contributed by atoms with Crippen molar-refractivity contribution < 1.29 is 4.92 Å². The van der Waals surface area contributed by atoms with E-state index in [1.807, 2.05) is 0 Å². The third-order valence-electron chi connectivity index (χ3n) is 3.92. The molecule has 0 aliphatic heterocycles. The second-order valence-electron chi connectivity index (χ2n) is 5.41. The van der Waals surface area contributed by atoms with E-state index in [2.05, 4.69) is 17.2 Å². The smallest absolute Gasteiger partial charge is 0.311 e. The molecule has 5 nitrogen and oxygen atoms in total. The largest absolute Gasteiger partial charge is 0.362 e. The lowest BCUT2D eigenvalue weighted by molar-refractivity contribution is -0.384. The van der Waals surface area contributed by atoms with Crippen molar-refractivity contribution in [3.63, 3.8) is 0 Å². The molecule has 0 bridgehead atoms. The first-order chi connectivity index (χ1) is 9.60. The highest BCUT2D eigenvalue weighted by Crippen LogP contribution is 2.31. The van der Waals surface area contributed by atoms with Gasteiger partial charge in [-0.2, -0.15) is 0 Å². The number of hydrogen-bond donors (Lipinski definition) is 1. The summed E-state index contributed by atoms with van der Waals surface area (Å²) >= 11 is 5.83. The van der Waals surface area contributed by atoms with Crippen molar-refractivity contribution in [2.24, 2.45) is 5.92 Å². The highest BCUT2D eigenvalue weighted by atomic mass is 35.5. The number of nitro groups is 1. The number of nitrogens with zero attached hydrogens (tertiary/aromatic N) is 2. The molecule has 1 saturated carbocycles. The molecule has 1 aromatic rings. The average Bonchev–Trinajstić information content (AvgIpc) is 2.41. The SMILES string of the molecule is CCCC1CCC(Nc2nc(Cl)ccc2[N+](=O)[O-])CC1. The topological polar surface area (TPSA) is 68.1 Å². The van der Waals surface area contributed by atoms with Gasteiger partial charge in [0.05, 0.1) is 4.92 Å². The van der Waals surface area contributed by atoms with E-state index in [-0.39, 0.29) is 16.9 Å². The molecule has 0 spiro atoms. The first-order valence-electron chi connectivity index (χ1n) is 7.17.